The Bertz CT molecular complexity index is 2640. The van der Waals surface area contributed by atoms with Crippen molar-refractivity contribution in [2.75, 3.05) is 4.90 Å². The van der Waals surface area contributed by atoms with E-state index in [0.29, 0.717) is 0 Å². The number of benzene rings is 6. The van der Waals surface area contributed by atoms with Crippen LogP contribution in [0.5, 0.6) is 0 Å². The molecule has 4 fully saturated rings. The van der Waals surface area contributed by atoms with Gasteiger partial charge in [-0.3, -0.25) is 0 Å². The molecule has 0 aliphatic heterocycles. The van der Waals surface area contributed by atoms with Crippen molar-refractivity contribution in [3.05, 3.63) is 156 Å². The Hall–Kier alpha value is -5.08. The summed E-state index contributed by atoms with van der Waals surface area (Å²) >= 11 is 0. The molecule has 7 aromatic rings. The first kappa shape index (κ1) is 33.1. The topological polar surface area (TPSA) is 8.17 Å². The Labute approximate surface area is 332 Å². The van der Waals surface area contributed by atoms with E-state index in [4.69, 9.17) is 0 Å². The standard InChI is InChI=1S/C54H52N2/c1-52(2)27-28-53(3,4)51-45(52)18-12-22-49(51)56(39-25-23-38(24-26-39)55-46-19-9-6-13-40(46)41-14-7-10-20-47(41)55)48-21-11-17-44-50(48)42-15-5-8-16-43(42)54(44)36-30-34-29-35(32-36)33-37(54)31-34/h5-26,34-37H,27-33H2,1-4H3. The quantitative estimate of drug-likeness (QED) is 0.175. The SMILES string of the molecule is CC1(C)CCC(C)(C)c2c(N(c3ccc(-n4c5ccccc5c5ccccc54)cc3)c3cccc4c3-c3ccccc3C43C4CC5CC(C4)CC3C5)cccc21. The van der Waals surface area contributed by atoms with Crippen LogP contribution in [0.25, 0.3) is 38.6 Å². The summed E-state index contributed by atoms with van der Waals surface area (Å²) in [5.41, 5.74) is 17.1. The predicted octanol–water partition coefficient (Wildman–Crippen LogP) is 14.3. The molecule has 2 nitrogen and oxygen atoms in total. The van der Waals surface area contributed by atoms with Crippen molar-refractivity contribution in [2.24, 2.45) is 23.7 Å². The summed E-state index contributed by atoms with van der Waals surface area (Å²) in [7, 11) is 0. The zero-order chi connectivity index (χ0) is 37.6. The lowest BCUT2D eigenvalue weighted by molar-refractivity contribution is -0.0399. The fourth-order valence-corrected chi connectivity index (χ4v) is 13.6. The largest absolute Gasteiger partial charge is 0.310 e. The molecule has 278 valence electrons. The smallest absolute Gasteiger partial charge is 0.0543 e. The molecular formula is C54H52N2. The Kier molecular flexibility index (Phi) is 6.80. The molecule has 6 aromatic carbocycles. The molecule has 6 aliphatic carbocycles. The van der Waals surface area contributed by atoms with Crippen molar-refractivity contribution < 1.29 is 0 Å². The van der Waals surface area contributed by atoms with Crippen LogP contribution in [-0.4, -0.2) is 4.57 Å². The third-order valence-electron chi connectivity index (χ3n) is 15.8. The van der Waals surface area contributed by atoms with Crippen molar-refractivity contribution >= 4 is 38.9 Å². The summed E-state index contributed by atoms with van der Waals surface area (Å²) < 4.78 is 2.45. The molecule has 1 heterocycles. The average molecular weight is 729 g/mol. The highest BCUT2D eigenvalue weighted by Crippen LogP contribution is 2.70. The molecule has 0 saturated heterocycles. The van der Waals surface area contributed by atoms with Crippen LogP contribution in [0.15, 0.2) is 133 Å². The average Bonchev–Trinajstić information content (AvgIpc) is 3.70. The van der Waals surface area contributed by atoms with Crippen molar-refractivity contribution in [2.45, 2.75) is 88.9 Å². The lowest BCUT2D eigenvalue weighted by atomic mass is 9.43. The number of rotatable bonds is 4. The first-order valence-corrected chi connectivity index (χ1v) is 21.5. The van der Waals surface area contributed by atoms with Gasteiger partial charge in [-0.2, -0.15) is 0 Å². The maximum absolute atomic E-state index is 2.68. The molecule has 1 aromatic heterocycles. The van der Waals surface area contributed by atoms with E-state index < -0.39 is 0 Å². The van der Waals surface area contributed by atoms with Crippen molar-refractivity contribution in [1.29, 1.82) is 0 Å². The van der Waals surface area contributed by atoms with Gasteiger partial charge in [0, 0.05) is 33.1 Å². The van der Waals surface area contributed by atoms with E-state index in [1.165, 1.54) is 112 Å². The lowest BCUT2D eigenvalue weighted by Crippen LogP contribution is -2.55. The predicted molar refractivity (Wildman–Crippen MR) is 234 cm³/mol. The molecule has 0 N–H and O–H groups in total. The highest BCUT2D eigenvalue weighted by molar-refractivity contribution is 6.09. The molecule has 0 atom stereocenters. The summed E-state index contributed by atoms with van der Waals surface area (Å²) in [6.07, 6.45) is 9.44. The minimum absolute atomic E-state index is 0.0428. The van der Waals surface area contributed by atoms with Crippen LogP contribution in [-0.2, 0) is 16.2 Å². The Morgan fingerprint density at radius 1 is 0.500 bits per heavy atom. The molecule has 0 radical (unpaired) electrons. The summed E-state index contributed by atoms with van der Waals surface area (Å²) in [5.74, 6) is 3.32. The zero-order valence-corrected chi connectivity index (χ0v) is 33.4. The van der Waals surface area contributed by atoms with E-state index in [0.717, 1.165) is 23.7 Å². The zero-order valence-electron chi connectivity index (χ0n) is 33.4. The van der Waals surface area contributed by atoms with Crippen LogP contribution in [0.2, 0.25) is 0 Å². The first-order chi connectivity index (χ1) is 27.2. The summed E-state index contributed by atoms with van der Waals surface area (Å²) in [6, 6.07) is 51.5. The van der Waals surface area contributed by atoms with Gasteiger partial charge in [0.1, 0.15) is 0 Å². The second-order valence-electron chi connectivity index (χ2n) is 19.6. The molecule has 4 bridgehead atoms. The maximum Gasteiger partial charge on any atom is 0.0543 e. The van der Waals surface area contributed by atoms with Gasteiger partial charge in [0.25, 0.3) is 0 Å². The highest BCUT2D eigenvalue weighted by Gasteiger charge is 2.62. The minimum Gasteiger partial charge on any atom is -0.310 e. The highest BCUT2D eigenvalue weighted by atomic mass is 15.2. The molecule has 6 aliphatic rings. The molecule has 13 rings (SSSR count). The van der Waals surface area contributed by atoms with E-state index in [1.54, 1.807) is 11.1 Å². The fourth-order valence-electron chi connectivity index (χ4n) is 13.6. The summed E-state index contributed by atoms with van der Waals surface area (Å²) in [5, 5.41) is 2.60. The number of anilines is 3. The van der Waals surface area contributed by atoms with Crippen LogP contribution in [0, 0.1) is 23.7 Å². The van der Waals surface area contributed by atoms with Gasteiger partial charge in [-0.1, -0.05) is 113 Å². The van der Waals surface area contributed by atoms with Gasteiger partial charge in [-0.25, -0.2) is 0 Å². The number of fused-ring (bicyclic) bond motifs is 7. The van der Waals surface area contributed by atoms with Crippen LogP contribution >= 0.6 is 0 Å². The number of hydrogen-bond acceptors (Lipinski definition) is 1. The van der Waals surface area contributed by atoms with Gasteiger partial charge in [0.05, 0.1) is 22.4 Å². The first-order valence-electron chi connectivity index (χ1n) is 21.5. The Morgan fingerprint density at radius 2 is 1.05 bits per heavy atom. The van der Waals surface area contributed by atoms with Gasteiger partial charge in [0.2, 0.25) is 0 Å². The van der Waals surface area contributed by atoms with Gasteiger partial charge < -0.3 is 9.47 Å². The lowest BCUT2D eigenvalue weighted by Gasteiger charge is -2.61. The maximum atomic E-state index is 2.68. The molecule has 0 amide bonds. The molecule has 1 spiro atoms. The number of hydrogen-bond donors (Lipinski definition) is 0. The van der Waals surface area contributed by atoms with E-state index in [-0.39, 0.29) is 16.2 Å². The second kappa shape index (κ2) is 11.5. The molecule has 4 saturated carbocycles. The van der Waals surface area contributed by atoms with E-state index in [1.807, 2.05) is 0 Å². The second-order valence-corrected chi connectivity index (χ2v) is 19.6. The van der Waals surface area contributed by atoms with Crippen LogP contribution in [0.3, 0.4) is 0 Å². The van der Waals surface area contributed by atoms with E-state index in [9.17, 15) is 0 Å². The van der Waals surface area contributed by atoms with Gasteiger partial charge in [0.15, 0.2) is 0 Å². The third-order valence-corrected chi connectivity index (χ3v) is 15.8. The third kappa shape index (κ3) is 4.34. The van der Waals surface area contributed by atoms with Gasteiger partial charge in [-0.05, 0) is 156 Å². The Balaban J connectivity index is 1.11. The van der Waals surface area contributed by atoms with E-state index in [2.05, 4.69) is 171 Å². The molecule has 56 heavy (non-hydrogen) atoms. The fraction of sp³-hybridized carbons (Fsp3) is 0.333. The molecular weight excluding hydrogens is 677 g/mol. The monoisotopic (exact) mass is 728 g/mol. The normalized spacial score (nSPS) is 26.1. The van der Waals surface area contributed by atoms with Crippen LogP contribution in [0.4, 0.5) is 17.1 Å². The number of aromatic nitrogens is 1. The van der Waals surface area contributed by atoms with Crippen molar-refractivity contribution in [3.8, 4) is 16.8 Å². The molecule has 0 unspecified atom stereocenters. The molecule has 2 heteroatoms. The van der Waals surface area contributed by atoms with Crippen molar-refractivity contribution in [1.82, 2.24) is 4.57 Å². The Morgan fingerprint density at radius 3 is 1.73 bits per heavy atom. The number of nitrogens with zero attached hydrogens (tertiary/aromatic N) is 2. The van der Waals surface area contributed by atoms with Crippen LogP contribution < -0.4 is 4.90 Å². The minimum atomic E-state index is 0.0428. The van der Waals surface area contributed by atoms with E-state index >= 15 is 0 Å². The summed E-state index contributed by atoms with van der Waals surface area (Å²) in [6.45, 7) is 9.90. The van der Waals surface area contributed by atoms with Gasteiger partial charge >= 0.3 is 0 Å². The summed E-state index contributed by atoms with van der Waals surface area (Å²) in [4.78, 5) is 2.68. The van der Waals surface area contributed by atoms with Gasteiger partial charge in [-0.15, -0.1) is 0 Å². The van der Waals surface area contributed by atoms with Crippen molar-refractivity contribution in [3.63, 3.8) is 0 Å². The van der Waals surface area contributed by atoms with Crippen LogP contribution in [0.1, 0.15) is 94.9 Å². The number of para-hydroxylation sites is 2.